The van der Waals surface area contributed by atoms with Crippen molar-refractivity contribution in [3.05, 3.63) is 71.8 Å². The summed E-state index contributed by atoms with van der Waals surface area (Å²) in [5, 5.41) is 0. The second kappa shape index (κ2) is 6.99. The van der Waals surface area contributed by atoms with Gasteiger partial charge in [0.05, 0.1) is 5.41 Å². The molecule has 0 aliphatic heterocycles. The number of rotatable bonds is 5. The van der Waals surface area contributed by atoms with E-state index >= 15 is 0 Å². The maximum absolute atomic E-state index is 13.4. The van der Waals surface area contributed by atoms with Gasteiger partial charge in [-0.25, -0.2) is 0 Å². The lowest BCUT2D eigenvalue weighted by molar-refractivity contribution is -0.137. The monoisotopic (exact) mass is 307 g/mol. The highest BCUT2D eigenvalue weighted by molar-refractivity contribution is 5.88. The molecule has 1 aliphatic carbocycles. The fourth-order valence-electron chi connectivity index (χ4n) is 3.80. The molecule has 120 valence electrons. The van der Waals surface area contributed by atoms with Crippen molar-refractivity contribution in [1.29, 1.82) is 0 Å². The topological polar surface area (TPSA) is 20.3 Å². The lowest BCUT2D eigenvalue weighted by atomic mass is 9.77. The summed E-state index contributed by atoms with van der Waals surface area (Å²) >= 11 is 0. The van der Waals surface area contributed by atoms with Crippen molar-refractivity contribution in [2.45, 2.75) is 44.6 Å². The van der Waals surface area contributed by atoms with E-state index in [0.717, 1.165) is 32.2 Å². The number of nitrogens with zero attached hydrogens (tertiary/aromatic N) is 1. The minimum absolute atomic E-state index is 0.299. The predicted molar refractivity (Wildman–Crippen MR) is 94.1 cm³/mol. The van der Waals surface area contributed by atoms with Gasteiger partial charge in [0.25, 0.3) is 0 Å². The summed E-state index contributed by atoms with van der Waals surface area (Å²) in [6.45, 7) is 3.53. The van der Waals surface area contributed by atoms with Crippen molar-refractivity contribution in [2.24, 2.45) is 0 Å². The Hall–Kier alpha value is -2.09. The van der Waals surface area contributed by atoms with Crippen molar-refractivity contribution in [1.82, 2.24) is 4.90 Å². The van der Waals surface area contributed by atoms with Crippen molar-refractivity contribution in [2.75, 3.05) is 6.54 Å². The van der Waals surface area contributed by atoms with Crippen LogP contribution in [0.1, 0.15) is 43.7 Å². The smallest absolute Gasteiger partial charge is 0.233 e. The van der Waals surface area contributed by atoms with E-state index in [2.05, 4.69) is 43.3 Å². The summed E-state index contributed by atoms with van der Waals surface area (Å²) in [5.74, 6) is 0.299. The first-order valence-corrected chi connectivity index (χ1v) is 8.65. The first-order valence-electron chi connectivity index (χ1n) is 8.65. The Labute approximate surface area is 139 Å². The van der Waals surface area contributed by atoms with Gasteiger partial charge in [-0.2, -0.15) is 0 Å². The Morgan fingerprint density at radius 1 is 0.957 bits per heavy atom. The Kier molecular flexibility index (Phi) is 4.80. The van der Waals surface area contributed by atoms with E-state index in [9.17, 15) is 4.79 Å². The maximum Gasteiger partial charge on any atom is 0.233 e. The molecule has 1 aliphatic rings. The van der Waals surface area contributed by atoms with Gasteiger partial charge in [0, 0.05) is 13.1 Å². The van der Waals surface area contributed by atoms with Crippen LogP contribution in [0.2, 0.25) is 0 Å². The zero-order valence-electron chi connectivity index (χ0n) is 13.9. The normalized spacial score (nSPS) is 16.2. The molecule has 23 heavy (non-hydrogen) atoms. The van der Waals surface area contributed by atoms with E-state index in [-0.39, 0.29) is 5.41 Å². The fraction of sp³-hybridized carbons (Fsp3) is 0.381. The summed E-state index contributed by atoms with van der Waals surface area (Å²) in [6, 6.07) is 20.7. The molecule has 0 spiro atoms. The number of likely N-dealkylation sites (N-methyl/N-ethyl adjacent to an activating group) is 1. The van der Waals surface area contributed by atoms with Crippen LogP contribution in [-0.2, 0) is 16.8 Å². The quantitative estimate of drug-likeness (QED) is 0.793. The highest BCUT2D eigenvalue weighted by Crippen LogP contribution is 2.42. The Morgan fingerprint density at radius 2 is 1.52 bits per heavy atom. The van der Waals surface area contributed by atoms with E-state index < -0.39 is 0 Å². The Balaban J connectivity index is 1.88. The Morgan fingerprint density at radius 3 is 2.09 bits per heavy atom. The first-order chi connectivity index (χ1) is 11.3. The minimum Gasteiger partial charge on any atom is -0.338 e. The first kappa shape index (κ1) is 15.8. The number of carbonyl (C=O) groups is 1. The molecule has 3 rings (SSSR count). The van der Waals surface area contributed by atoms with Gasteiger partial charge in [0.2, 0.25) is 5.91 Å². The third-order valence-electron chi connectivity index (χ3n) is 5.08. The van der Waals surface area contributed by atoms with Crippen LogP contribution in [0, 0.1) is 0 Å². The standard InChI is InChI=1S/C21H25NO/c1-2-22(17-18-11-5-3-6-12-18)20(23)21(15-9-10-16-21)19-13-7-4-8-14-19/h3-8,11-14H,2,9-10,15-17H2,1H3. The van der Waals surface area contributed by atoms with Gasteiger partial charge in [-0.1, -0.05) is 73.5 Å². The van der Waals surface area contributed by atoms with Crippen molar-refractivity contribution < 1.29 is 4.79 Å². The highest BCUT2D eigenvalue weighted by atomic mass is 16.2. The molecular weight excluding hydrogens is 282 g/mol. The second-order valence-electron chi connectivity index (χ2n) is 6.46. The fourth-order valence-corrected chi connectivity index (χ4v) is 3.80. The highest BCUT2D eigenvalue weighted by Gasteiger charge is 2.44. The SMILES string of the molecule is CCN(Cc1ccccc1)C(=O)C1(c2ccccc2)CCCC1. The summed E-state index contributed by atoms with van der Waals surface area (Å²) in [5.41, 5.74) is 2.07. The van der Waals surface area contributed by atoms with Gasteiger partial charge in [-0.15, -0.1) is 0 Å². The molecule has 2 nitrogen and oxygen atoms in total. The molecule has 1 saturated carbocycles. The molecule has 0 radical (unpaired) electrons. The van der Waals surface area contributed by atoms with Gasteiger partial charge in [-0.3, -0.25) is 4.79 Å². The molecule has 1 fully saturated rings. The van der Waals surface area contributed by atoms with Gasteiger partial charge < -0.3 is 4.90 Å². The van der Waals surface area contributed by atoms with E-state index in [1.54, 1.807) is 0 Å². The molecule has 2 aromatic carbocycles. The molecule has 0 heterocycles. The van der Waals surface area contributed by atoms with Crippen LogP contribution < -0.4 is 0 Å². The van der Waals surface area contributed by atoms with Crippen LogP contribution in [0.25, 0.3) is 0 Å². The van der Waals surface area contributed by atoms with E-state index in [1.165, 1.54) is 11.1 Å². The molecule has 2 aromatic rings. The summed E-state index contributed by atoms with van der Waals surface area (Å²) in [4.78, 5) is 15.5. The number of amides is 1. The van der Waals surface area contributed by atoms with Gasteiger partial charge >= 0.3 is 0 Å². The van der Waals surface area contributed by atoms with Gasteiger partial charge in [-0.05, 0) is 30.9 Å². The van der Waals surface area contributed by atoms with Crippen molar-refractivity contribution in [3.63, 3.8) is 0 Å². The predicted octanol–water partition coefficient (Wildman–Crippen LogP) is 4.55. The number of hydrogen-bond donors (Lipinski definition) is 0. The Bertz CT molecular complexity index is 629. The molecule has 0 bridgehead atoms. The molecular formula is C21H25NO. The average Bonchev–Trinajstić information content (AvgIpc) is 3.12. The van der Waals surface area contributed by atoms with E-state index in [1.807, 2.05) is 29.2 Å². The van der Waals surface area contributed by atoms with E-state index in [0.29, 0.717) is 12.5 Å². The largest absolute Gasteiger partial charge is 0.338 e. The van der Waals surface area contributed by atoms with Gasteiger partial charge in [0.1, 0.15) is 0 Å². The molecule has 0 saturated heterocycles. The average molecular weight is 307 g/mol. The van der Waals surface area contributed by atoms with Crippen LogP contribution in [-0.4, -0.2) is 17.4 Å². The third-order valence-corrected chi connectivity index (χ3v) is 5.08. The molecule has 0 aromatic heterocycles. The van der Waals surface area contributed by atoms with Crippen LogP contribution in [0.5, 0.6) is 0 Å². The van der Waals surface area contributed by atoms with Crippen LogP contribution >= 0.6 is 0 Å². The van der Waals surface area contributed by atoms with E-state index in [4.69, 9.17) is 0 Å². The lowest BCUT2D eigenvalue weighted by Gasteiger charge is -2.34. The minimum atomic E-state index is -0.313. The number of benzene rings is 2. The van der Waals surface area contributed by atoms with Gasteiger partial charge in [0.15, 0.2) is 0 Å². The second-order valence-corrected chi connectivity index (χ2v) is 6.46. The summed E-state index contributed by atoms with van der Waals surface area (Å²) in [6.07, 6.45) is 4.23. The number of carbonyl (C=O) groups excluding carboxylic acids is 1. The molecule has 0 N–H and O–H groups in total. The van der Waals surface area contributed by atoms with Crippen molar-refractivity contribution in [3.8, 4) is 0 Å². The third kappa shape index (κ3) is 3.17. The molecule has 0 atom stereocenters. The van der Waals surface area contributed by atoms with Crippen molar-refractivity contribution >= 4 is 5.91 Å². The summed E-state index contributed by atoms with van der Waals surface area (Å²) in [7, 11) is 0. The molecule has 1 amide bonds. The van der Waals surface area contributed by atoms with Crippen LogP contribution in [0.15, 0.2) is 60.7 Å². The zero-order chi connectivity index (χ0) is 16.1. The number of hydrogen-bond acceptors (Lipinski definition) is 1. The molecule has 0 unspecified atom stereocenters. The van der Waals surface area contributed by atoms with Crippen LogP contribution in [0.4, 0.5) is 0 Å². The zero-order valence-corrected chi connectivity index (χ0v) is 13.9. The summed E-state index contributed by atoms with van der Waals surface area (Å²) < 4.78 is 0. The lowest BCUT2D eigenvalue weighted by Crippen LogP contribution is -2.45. The molecule has 2 heteroatoms. The van der Waals surface area contributed by atoms with Crippen LogP contribution in [0.3, 0.4) is 0 Å². The maximum atomic E-state index is 13.4.